The van der Waals surface area contributed by atoms with Crippen molar-refractivity contribution in [2.45, 2.75) is 31.9 Å². The molecule has 0 unspecified atom stereocenters. The molecule has 2 N–H and O–H groups in total. The number of anilines is 1. The second-order valence-corrected chi connectivity index (χ2v) is 6.40. The monoisotopic (exact) mass is 285 g/mol. The van der Waals surface area contributed by atoms with Crippen LogP contribution in [0.4, 0.5) is 5.13 Å². The smallest absolute Gasteiger partial charge is 0.185 e. The van der Waals surface area contributed by atoms with Crippen LogP contribution in [-0.2, 0) is 11.3 Å². The lowest BCUT2D eigenvalue weighted by Gasteiger charge is -2.32. The van der Waals surface area contributed by atoms with Crippen molar-refractivity contribution in [1.29, 1.82) is 0 Å². The van der Waals surface area contributed by atoms with Crippen LogP contribution in [-0.4, -0.2) is 49.5 Å². The molecular weight excluding hydrogens is 262 g/mol. The number of aryl methyl sites for hydroxylation is 1. The maximum atomic E-state index is 10.3. The highest BCUT2D eigenvalue weighted by Crippen LogP contribution is 2.25. The summed E-state index contributed by atoms with van der Waals surface area (Å²) in [5, 5.41) is 14.7. The number of ether oxygens (including phenoxy) is 1. The normalized spacial score (nSPS) is 18.5. The summed E-state index contributed by atoms with van der Waals surface area (Å²) < 4.78 is 5.28. The highest BCUT2D eigenvalue weighted by Gasteiger charge is 2.29. The molecule has 108 valence electrons. The van der Waals surface area contributed by atoms with Crippen LogP contribution >= 0.6 is 11.3 Å². The van der Waals surface area contributed by atoms with Crippen molar-refractivity contribution >= 4 is 16.5 Å². The summed E-state index contributed by atoms with van der Waals surface area (Å²) in [5.41, 5.74) is 0.460. The Hall–Kier alpha value is -0.690. The van der Waals surface area contributed by atoms with E-state index in [1.165, 1.54) is 4.88 Å². The molecule has 1 aromatic heterocycles. The number of hydrogen-bond acceptors (Lipinski definition) is 6. The van der Waals surface area contributed by atoms with Crippen molar-refractivity contribution in [3.8, 4) is 0 Å². The summed E-state index contributed by atoms with van der Waals surface area (Å²) in [6.07, 6.45) is 1.43. The predicted molar refractivity (Wildman–Crippen MR) is 77.9 cm³/mol. The average Bonchev–Trinajstić information content (AvgIpc) is 2.72. The molecule has 1 aromatic rings. The summed E-state index contributed by atoms with van der Waals surface area (Å²) in [6, 6.07) is 0. The van der Waals surface area contributed by atoms with Gasteiger partial charge in [0.25, 0.3) is 0 Å². The topological polar surface area (TPSA) is 57.6 Å². The van der Waals surface area contributed by atoms with Crippen LogP contribution < -0.4 is 10.2 Å². The fourth-order valence-corrected chi connectivity index (χ4v) is 3.06. The van der Waals surface area contributed by atoms with Crippen molar-refractivity contribution in [3.05, 3.63) is 10.6 Å². The third-order valence-corrected chi connectivity index (χ3v) is 4.75. The molecule has 1 aliphatic heterocycles. The van der Waals surface area contributed by atoms with E-state index in [0.29, 0.717) is 32.6 Å². The molecule has 0 aliphatic carbocycles. The Morgan fingerprint density at radius 1 is 1.42 bits per heavy atom. The van der Waals surface area contributed by atoms with E-state index in [1.54, 1.807) is 11.3 Å². The van der Waals surface area contributed by atoms with Gasteiger partial charge < -0.3 is 20.1 Å². The Labute approximate surface area is 118 Å². The first-order chi connectivity index (χ1) is 9.00. The lowest BCUT2D eigenvalue weighted by molar-refractivity contribution is -0.0616. The van der Waals surface area contributed by atoms with Gasteiger partial charge in [-0.3, -0.25) is 0 Å². The number of nitrogens with one attached hydrogen (secondary N) is 1. The fraction of sp³-hybridized carbons (Fsp3) is 0.769. The molecule has 0 spiro atoms. The van der Waals surface area contributed by atoms with E-state index in [9.17, 15) is 5.11 Å². The number of aliphatic hydroxyl groups is 1. The molecule has 2 heterocycles. The first kappa shape index (κ1) is 14.7. The third-order valence-electron chi connectivity index (χ3n) is 3.43. The SMILES string of the molecule is Cc1nc(N(C)C)sc1CNCC1(O)CCOCC1. The average molecular weight is 285 g/mol. The van der Waals surface area contributed by atoms with E-state index in [2.05, 4.69) is 10.3 Å². The third kappa shape index (κ3) is 3.89. The molecule has 1 saturated heterocycles. The lowest BCUT2D eigenvalue weighted by Crippen LogP contribution is -2.44. The molecule has 5 nitrogen and oxygen atoms in total. The summed E-state index contributed by atoms with van der Waals surface area (Å²) in [4.78, 5) is 7.77. The molecule has 2 rings (SSSR count). The van der Waals surface area contributed by atoms with Crippen LogP contribution in [0.15, 0.2) is 0 Å². The van der Waals surface area contributed by atoms with E-state index in [-0.39, 0.29) is 0 Å². The Balaban J connectivity index is 1.85. The van der Waals surface area contributed by atoms with Crippen molar-refractivity contribution in [3.63, 3.8) is 0 Å². The molecule has 6 heteroatoms. The predicted octanol–water partition coefficient (Wildman–Crippen LogP) is 1.15. The minimum Gasteiger partial charge on any atom is -0.388 e. The van der Waals surface area contributed by atoms with Gasteiger partial charge >= 0.3 is 0 Å². The summed E-state index contributed by atoms with van der Waals surface area (Å²) >= 11 is 1.70. The van der Waals surface area contributed by atoms with Gasteiger partial charge in [-0.05, 0) is 6.92 Å². The second kappa shape index (κ2) is 6.17. The number of rotatable bonds is 5. The summed E-state index contributed by atoms with van der Waals surface area (Å²) in [5.74, 6) is 0. The molecule has 0 radical (unpaired) electrons. The van der Waals surface area contributed by atoms with Crippen LogP contribution in [0.3, 0.4) is 0 Å². The van der Waals surface area contributed by atoms with Gasteiger partial charge in [-0.1, -0.05) is 0 Å². The van der Waals surface area contributed by atoms with Gasteiger partial charge in [0.1, 0.15) is 0 Å². The molecule has 0 aromatic carbocycles. The Morgan fingerprint density at radius 3 is 2.68 bits per heavy atom. The van der Waals surface area contributed by atoms with Crippen LogP contribution in [0, 0.1) is 6.92 Å². The quantitative estimate of drug-likeness (QED) is 0.850. The maximum Gasteiger partial charge on any atom is 0.185 e. The number of hydrogen-bond donors (Lipinski definition) is 2. The van der Waals surface area contributed by atoms with Crippen molar-refractivity contribution < 1.29 is 9.84 Å². The van der Waals surface area contributed by atoms with Gasteiger partial charge in [0.15, 0.2) is 5.13 Å². The largest absolute Gasteiger partial charge is 0.388 e. The molecule has 1 aliphatic rings. The van der Waals surface area contributed by atoms with Gasteiger partial charge in [0.2, 0.25) is 0 Å². The van der Waals surface area contributed by atoms with E-state index < -0.39 is 5.60 Å². The van der Waals surface area contributed by atoms with Crippen molar-refractivity contribution in [1.82, 2.24) is 10.3 Å². The molecule has 1 fully saturated rings. The Kier molecular flexibility index (Phi) is 4.78. The minimum absolute atomic E-state index is 0.610. The van der Waals surface area contributed by atoms with Crippen LogP contribution in [0.25, 0.3) is 0 Å². The fourth-order valence-electron chi connectivity index (χ4n) is 2.10. The number of thiazole rings is 1. The maximum absolute atomic E-state index is 10.3. The highest BCUT2D eigenvalue weighted by molar-refractivity contribution is 7.15. The Morgan fingerprint density at radius 2 is 2.11 bits per heavy atom. The molecule has 0 atom stereocenters. The molecular formula is C13H23N3O2S. The first-order valence-electron chi connectivity index (χ1n) is 6.65. The van der Waals surface area contributed by atoms with Crippen LogP contribution in [0.5, 0.6) is 0 Å². The lowest BCUT2D eigenvalue weighted by atomic mass is 9.94. The zero-order valence-corrected chi connectivity index (χ0v) is 12.7. The van der Waals surface area contributed by atoms with Gasteiger partial charge in [0, 0.05) is 58.1 Å². The molecule has 0 amide bonds. The first-order valence-corrected chi connectivity index (χ1v) is 7.46. The zero-order valence-electron chi connectivity index (χ0n) is 11.9. The van der Waals surface area contributed by atoms with E-state index >= 15 is 0 Å². The van der Waals surface area contributed by atoms with Crippen molar-refractivity contribution in [2.75, 3.05) is 38.8 Å². The van der Waals surface area contributed by atoms with Crippen molar-refractivity contribution in [2.24, 2.45) is 0 Å². The minimum atomic E-state index is -0.610. The van der Waals surface area contributed by atoms with E-state index in [1.807, 2.05) is 25.9 Å². The molecule has 0 saturated carbocycles. The zero-order chi connectivity index (χ0) is 13.9. The summed E-state index contributed by atoms with van der Waals surface area (Å²) in [6.45, 7) is 4.72. The highest BCUT2D eigenvalue weighted by atomic mass is 32.1. The number of nitrogens with zero attached hydrogens (tertiary/aromatic N) is 2. The standard InChI is InChI=1S/C13H23N3O2S/c1-10-11(19-12(15-10)16(2)3)8-14-9-13(17)4-6-18-7-5-13/h14,17H,4-9H2,1-3H3. The summed E-state index contributed by atoms with van der Waals surface area (Å²) in [7, 11) is 4.00. The second-order valence-electron chi connectivity index (χ2n) is 5.34. The van der Waals surface area contributed by atoms with Crippen LogP contribution in [0.1, 0.15) is 23.4 Å². The Bertz CT molecular complexity index is 414. The van der Waals surface area contributed by atoms with E-state index in [4.69, 9.17) is 4.74 Å². The van der Waals surface area contributed by atoms with Gasteiger partial charge in [0.05, 0.1) is 11.3 Å². The van der Waals surface area contributed by atoms with E-state index in [0.717, 1.165) is 17.4 Å². The van der Waals surface area contributed by atoms with Crippen LogP contribution in [0.2, 0.25) is 0 Å². The van der Waals surface area contributed by atoms with Gasteiger partial charge in [-0.2, -0.15) is 0 Å². The van der Waals surface area contributed by atoms with Gasteiger partial charge in [-0.15, -0.1) is 11.3 Å². The number of aromatic nitrogens is 1. The molecule has 0 bridgehead atoms. The molecule has 19 heavy (non-hydrogen) atoms. The van der Waals surface area contributed by atoms with Gasteiger partial charge in [-0.25, -0.2) is 4.98 Å².